The Kier molecular flexibility index (Phi) is 4.82. The van der Waals surface area contributed by atoms with Crippen molar-refractivity contribution in [2.45, 2.75) is 6.54 Å². The molecule has 0 atom stereocenters. The third-order valence-electron chi connectivity index (χ3n) is 3.21. The molecule has 4 nitrogen and oxygen atoms in total. The first-order chi connectivity index (χ1) is 10.1. The van der Waals surface area contributed by atoms with Crippen LogP contribution in [0.2, 0.25) is 0 Å². The van der Waals surface area contributed by atoms with Crippen molar-refractivity contribution in [2.75, 3.05) is 26.5 Å². The topological polar surface area (TPSA) is 41.6 Å². The minimum atomic E-state index is -0.00664. The van der Waals surface area contributed by atoms with Crippen molar-refractivity contribution in [3.63, 3.8) is 0 Å². The summed E-state index contributed by atoms with van der Waals surface area (Å²) in [6, 6.07) is 15.4. The number of methoxy groups -OCH3 is 1. The van der Waals surface area contributed by atoms with E-state index in [0.717, 1.165) is 17.0 Å². The van der Waals surface area contributed by atoms with Crippen LogP contribution in [0.15, 0.2) is 48.5 Å². The second kappa shape index (κ2) is 6.79. The van der Waals surface area contributed by atoms with Crippen LogP contribution >= 0.6 is 0 Å². The Morgan fingerprint density at radius 3 is 2.38 bits per heavy atom. The first kappa shape index (κ1) is 14.9. The molecule has 0 aliphatic carbocycles. The molecule has 110 valence electrons. The van der Waals surface area contributed by atoms with Gasteiger partial charge in [-0.3, -0.25) is 4.79 Å². The molecule has 0 saturated heterocycles. The van der Waals surface area contributed by atoms with Crippen molar-refractivity contribution in [2.24, 2.45) is 0 Å². The summed E-state index contributed by atoms with van der Waals surface area (Å²) in [5, 5.41) is 3.31. The minimum Gasteiger partial charge on any atom is -0.497 e. The predicted octanol–water partition coefficient (Wildman–Crippen LogP) is 3.01. The number of anilines is 1. The summed E-state index contributed by atoms with van der Waals surface area (Å²) < 4.78 is 5.14. The quantitative estimate of drug-likeness (QED) is 0.917. The Balaban J connectivity index is 2.10. The molecule has 0 heterocycles. The average molecular weight is 284 g/mol. The van der Waals surface area contributed by atoms with Gasteiger partial charge in [-0.05, 0) is 29.8 Å². The van der Waals surface area contributed by atoms with E-state index in [4.69, 9.17) is 4.74 Å². The Morgan fingerprint density at radius 2 is 1.76 bits per heavy atom. The molecule has 0 aromatic heterocycles. The molecule has 1 N–H and O–H groups in total. The lowest BCUT2D eigenvalue weighted by Crippen LogP contribution is -2.22. The highest BCUT2D eigenvalue weighted by atomic mass is 16.5. The lowest BCUT2D eigenvalue weighted by molar-refractivity contribution is 0.0828. The average Bonchev–Trinajstić information content (AvgIpc) is 2.53. The molecule has 2 rings (SSSR count). The number of nitrogens with zero attached hydrogens (tertiary/aromatic N) is 1. The summed E-state index contributed by atoms with van der Waals surface area (Å²) in [6.45, 7) is 0.654. The van der Waals surface area contributed by atoms with Crippen molar-refractivity contribution in [1.82, 2.24) is 4.90 Å². The van der Waals surface area contributed by atoms with Crippen LogP contribution in [0.5, 0.6) is 5.75 Å². The van der Waals surface area contributed by atoms with Crippen molar-refractivity contribution in [3.8, 4) is 5.75 Å². The number of hydrogen-bond donors (Lipinski definition) is 1. The fourth-order valence-corrected chi connectivity index (χ4v) is 2.01. The molecule has 0 saturated carbocycles. The van der Waals surface area contributed by atoms with Gasteiger partial charge in [-0.1, -0.05) is 24.3 Å². The molecule has 0 radical (unpaired) electrons. The van der Waals surface area contributed by atoms with E-state index in [1.165, 1.54) is 0 Å². The number of para-hydroxylation sites is 1. The highest BCUT2D eigenvalue weighted by Gasteiger charge is 2.12. The molecule has 21 heavy (non-hydrogen) atoms. The van der Waals surface area contributed by atoms with E-state index in [1.807, 2.05) is 48.5 Å². The molecule has 0 aliphatic heterocycles. The van der Waals surface area contributed by atoms with E-state index < -0.39 is 0 Å². The fraction of sp³-hybridized carbons (Fsp3) is 0.235. The van der Waals surface area contributed by atoms with Crippen LogP contribution in [-0.2, 0) is 6.54 Å². The van der Waals surface area contributed by atoms with Crippen LogP contribution in [-0.4, -0.2) is 32.0 Å². The third kappa shape index (κ3) is 3.75. The molecule has 2 aromatic rings. The lowest BCUT2D eigenvalue weighted by Gasteiger charge is -2.15. The van der Waals surface area contributed by atoms with Crippen molar-refractivity contribution in [3.05, 3.63) is 59.7 Å². The molecule has 2 aromatic carbocycles. The zero-order valence-corrected chi connectivity index (χ0v) is 12.6. The zero-order valence-electron chi connectivity index (χ0n) is 12.6. The van der Waals surface area contributed by atoms with Crippen LogP contribution in [0.3, 0.4) is 0 Å². The third-order valence-corrected chi connectivity index (χ3v) is 3.21. The molecule has 1 amide bonds. The normalized spacial score (nSPS) is 10.0. The van der Waals surface area contributed by atoms with Gasteiger partial charge in [0, 0.05) is 26.3 Å². The molecule has 0 bridgehead atoms. The highest BCUT2D eigenvalue weighted by molar-refractivity contribution is 5.99. The van der Waals surface area contributed by atoms with Gasteiger partial charge < -0.3 is 15.0 Å². The molecule has 0 spiro atoms. The number of nitrogens with one attached hydrogen (secondary N) is 1. The van der Waals surface area contributed by atoms with Gasteiger partial charge in [0.2, 0.25) is 0 Å². The Labute approximate surface area is 125 Å². The van der Waals surface area contributed by atoms with Crippen LogP contribution in [0.4, 0.5) is 5.69 Å². The summed E-state index contributed by atoms with van der Waals surface area (Å²) in [5.41, 5.74) is 2.64. The van der Waals surface area contributed by atoms with Gasteiger partial charge in [-0.2, -0.15) is 0 Å². The van der Waals surface area contributed by atoms with Gasteiger partial charge in [-0.15, -0.1) is 0 Å². The zero-order chi connectivity index (χ0) is 15.2. The van der Waals surface area contributed by atoms with Gasteiger partial charge in [0.25, 0.3) is 5.91 Å². The molecular formula is C17H20N2O2. The van der Waals surface area contributed by atoms with E-state index in [-0.39, 0.29) is 5.91 Å². The van der Waals surface area contributed by atoms with Crippen LogP contribution in [0, 0.1) is 0 Å². The number of rotatable bonds is 5. The second-order valence-electron chi connectivity index (χ2n) is 4.95. The lowest BCUT2D eigenvalue weighted by atomic mass is 10.1. The summed E-state index contributed by atoms with van der Waals surface area (Å²) in [5.74, 6) is 0.828. The Bertz CT molecular complexity index is 606. The predicted molar refractivity (Wildman–Crippen MR) is 84.8 cm³/mol. The van der Waals surface area contributed by atoms with Gasteiger partial charge in [-0.25, -0.2) is 0 Å². The second-order valence-corrected chi connectivity index (χ2v) is 4.95. The molecule has 4 heteroatoms. The number of benzene rings is 2. The van der Waals surface area contributed by atoms with Gasteiger partial charge >= 0.3 is 0 Å². The van der Waals surface area contributed by atoms with Crippen molar-refractivity contribution >= 4 is 11.6 Å². The van der Waals surface area contributed by atoms with Crippen molar-refractivity contribution in [1.29, 1.82) is 0 Å². The highest BCUT2D eigenvalue weighted by Crippen LogP contribution is 2.18. The molecule has 0 aliphatic rings. The van der Waals surface area contributed by atoms with E-state index >= 15 is 0 Å². The SMILES string of the molecule is COc1ccc(CNc2ccccc2C(=O)N(C)C)cc1. The summed E-state index contributed by atoms with van der Waals surface area (Å²) >= 11 is 0. The van der Waals surface area contributed by atoms with E-state index in [2.05, 4.69) is 5.32 Å². The Morgan fingerprint density at radius 1 is 1.10 bits per heavy atom. The smallest absolute Gasteiger partial charge is 0.255 e. The first-order valence-corrected chi connectivity index (χ1v) is 6.79. The van der Waals surface area contributed by atoms with Crippen LogP contribution < -0.4 is 10.1 Å². The maximum Gasteiger partial charge on any atom is 0.255 e. The van der Waals surface area contributed by atoms with Gasteiger partial charge in [0.05, 0.1) is 12.7 Å². The van der Waals surface area contributed by atoms with Gasteiger partial charge in [0.1, 0.15) is 5.75 Å². The molecule has 0 unspecified atom stereocenters. The number of carbonyl (C=O) groups excluding carboxylic acids is 1. The van der Waals surface area contributed by atoms with Gasteiger partial charge in [0.15, 0.2) is 0 Å². The summed E-state index contributed by atoms with van der Waals surface area (Å²) in [6.07, 6.45) is 0. The summed E-state index contributed by atoms with van der Waals surface area (Å²) in [4.78, 5) is 13.7. The molecule has 0 fully saturated rings. The first-order valence-electron chi connectivity index (χ1n) is 6.79. The number of ether oxygens (including phenoxy) is 1. The van der Waals surface area contributed by atoms with Crippen LogP contribution in [0.25, 0.3) is 0 Å². The number of carbonyl (C=O) groups is 1. The molecular weight excluding hydrogens is 264 g/mol. The minimum absolute atomic E-state index is 0.00664. The monoisotopic (exact) mass is 284 g/mol. The van der Waals surface area contributed by atoms with Crippen molar-refractivity contribution < 1.29 is 9.53 Å². The fourth-order valence-electron chi connectivity index (χ4n) is 2.01. The standard InChI is InChI=1S/C17H20N2O2/c1-19(2)17(20)15-6-4-5-7-16(15)18-12-13-8-10-14(21-3)11-9-13/h4-11,18H,12H2,1-3H3. The maximum atomic E-state index is 12.1. The summed E-state index contributed by atoms with van der Waals surface area (Å²) in [7, 11) is 5.15. The largest absolute Gasteiger partial charge is 0.497 e. The van der Waals surface area contributed by atoms with E-state index in [9.17, 15) is 4.79 Å². The Hall–Kier alpha value is -2.49. The van der Waals surface area contributed by atoms with Crippen LogP contribution in [0.1, 0.15) is 15.9 Å². The number of hydrogen-bond acceptors (Lipinski definition) is 3. The van der Waals surface area contributed by atoms with E-state index in [1.54, 1.807) is 26.1 Å². The maximum absolute atomic E-state index is 12.1. The van der Waals surface area contributed by atoms with E-state index in [0.29, 0.717) is 12.1 Å². The number of amides is 1.